The first-order valence-corrected chi connectivity index (χ1v) is 14.7. The van der Waals surface area contributed by atoms with E-state index in [1.165, 1.54) is 5.57 Å². The molecule has 1 aliphatic carbocycles. The van der Waals surface area contributed by atoms with Crippen molar-refractivity contribution in [2.45, 2.75) is 89.2 Å². The molecule has 220 valence electrons. The fourth-order valence-corrected chi connectivity index (χ4v) is 6.07. The largest absolute Gasteiger partial charge is 0.488 e. The maximum absolute atomic E-state index is 13.2. The predicted molar refractivity (Wildman–Crippen MR) is 157 cm³/mol. The third-order valence-corrected chi connectivity index (χ3v) is 8.12. The summed E-state index contributed by atoms with van der Waals surface area (Å²) >= 11 is 0. The Bertz CT molecular complexity index is 1240. The highest BCUT2D eigenvalue weighted by Crippen LogP contribution is 2.37. The van der Waals surface area contributed by atoms with E-state index in [4.69, 9.17) is 18.9 Å². The molecule has 2 saturated heterocycles. The number of likely N-dealkylation sites (tertiary alicyclic amines) is 1. The fourth-order valence-electron chi connectivity index (χ4n) is 6.07. The first kappa shape index (κ1) is 29.0. The Kier molecular flexibility index (Phi) is 8.88. The second kappa shape index (κ2) is 12.6. The molecule has 0 radical (unpaired) electrons. The Balaban J connectivity index is 1.25. The smallest absolute Gasteiger partial charge is 0.410 e. The SMILES string of the molecule is CC(C)(C)OC(=O)N1CCCC2(CCOC(=O)N2)C1COC1CC=C(c2ccccc2OCc2ccccc2)CC1. The average molecular weight is 563 g/mol. The van der Waals surface area contributed by atoms with Crippen molar-refractivity contribution in [1.29, 1.82) is 0 Å². The molecule has 41 heavy (non-hydrogen) atoms. The number of para-hydroxylation sites is 1. The van der Waals surface area contributed by atoms with Crippen LogP contribution in [0.1, 0.15) is 70.4 Å². The number of allylic oxidation sites excluding steroid dienone is 1. The first-order valence-electron chi connectivity index (χ1n) is 14.7. The molecule has 0 saturated carbocycles. The van der Waals surface area contributed by atoms with Gasteiger partial charge in [0, 0.05) is 18.5 Å². The van der Waals surface area contributed by atoms with Gasteiger partial charge in [-0.15, -0.1) is 0 Å². The molecule has 0 aromatic heterocycles. The number of amides is 2. The topological polar surface area (TPSA) is 86.3 Å². The minimum absolute atomic E-state index is 0.0196. The van der Waals surface area contributed by atoms with E-state index in [-0.39, 0.29) is 18.2 Å². The number of hydrogen-bond acceptors (Lipinski definition) is 6. The Hall–Kier alpha value is -3.52. The molecular weight excluding hydrogens is 520 g/mol. The van der Waals surface area contributed by atoms with E-state index < -0.39 is 17.2 Å². The predicted octanol–water partition coefficient (Wildman–Crippen LogP) is 6.49. The number of alkyl carbamates (subject to hydrolysis) is 1. The number of hydrogen-bond donors (Lipinski definition) is 1. The molecular formula is C33H42N2O6. The van der Waals surface area contributed by atoms with Gasteiger partial charge in [0.2, 0.25) is 0 Å². The first-order chi connectivity index (χ1) is 19.7. The maximum Gasteiger partial charge on any atom is 0.410 e. The second-order valence-corrected chi connectivity index (χ2v) is 12.2. The summed E-state index contributed by atoms with van der Waals surface area (Å²) < 4.78 is 23.6. The molecule has 3 atom stereocenters. The lowest BCUT2D eigenvalue weighted by molar-refractivity contribution is -0.0650. The van der Waals surface area contributed by atoms with Gasteiger partial charge < -0.3 is 29.2 Å². The molecule has 0 bridgehead atoms. The summed E-state index contributed by atoms with van der Waals surface area (Å²) in [5.74, 6) is 0.884. The van der Waals surface area contributed by atoms with Crippen LogP contribution in [0.2, 0.25) is 0 Å². The Labute approximate surface area is 243 Å². The minimum atomic E-state index is -0.613. The number of cyclic esters (lactones) is 1. The molecule has 3 aliphatic rings. The molecule has 2 aromatic carbocycles. The van der Waals surface area contributed by atoms with Crippen LogP contribution in [0.5, 0.6) is 5.75 Å². The number of rotatable bonds is 7. The molecule has 1 spiro atoms. The van der Waals surface area contributed by atoms with Crippen molar-refractivity contribution in [3.63, 3.8) is 0 Å². The van der Waals surface area contributed by atoms with Crippen molar-refractivity contribution in [3.05, 3.63) is 71.8 Å². The summed E-state index contributed by atoms with van der Waals surface area (Å²) in [6.45, 7) is 7.33. The molecule has 1 N–H and O–H groups in total. The molecule has 8 nitrogen and oxygen atoms in total. The summed E-state index contributed by atoms with van der Waals surface area (Å²) in [4.78, 5) is 27.3. The number of nitrogens with zero attached hydrogens (tertiary/aromatic N) is 1. The lowest BCUT2D eigenvalue weighted by Gasteiger charge is -2.51. The average Bonchev–Trinajstić information content (AvgIpc) is 2.95. The molecule has 2 aromatic rings. The lowest BCUT2D eigenvalue weighted by Crippen LogP contribution is -2.70. The van der Waals surface area contributed by atoms with Gasteiger partial charge >= 0.3 is 12.2 Å². The molecule has 2 fully saturated rings. The minimum Gasteiger partial charge on any atom is -0.488 e. The van der Waals surface area contributed by atoms with Gasteiger partial charge in [0.15, 0.2) is 0 Å². The number of nitrogens with one attached hydrogen (secondary N) is 1. The van der Waals surface area contributed by atoms with Crippen LogP contribution in [-0.4, -0.2) is 60.1 Å². The summed E-state index contributed by atoms with van der Waals surface area (Å²) in [5, 5.41) is 3.06. The molecule has 5 rings (SSSR count). The quantitative estimate of drug-likeness (QED) is 0.415. The Morgan fingerprint density at radius 3 is 2.61 bits per heavy atom. The fraction of sp³-hybridized carbons (Fsp3) is 0.515. The van der Waals surface area contributed by atoms with Crippen molar-refractivity contribution < 1.29 is 28.5 Å². The third-order valence-electron chi connectivity index (χ3n) is 8.12. The van der Waals surface area contributed by atoms with Gasteiger partial charge in [-0.2, -0.15) is 0 Å². The van der Waals surface area contributed by atoms with Crippen molar-refractivity contribution in [1.82, 2.24) is 10.2 Å². The number of carbonyl (C=O) groups excluding carboxylic acids is 2. The van der Waals surface area contributed by atoms with Gasteiger partial charge in [-0.25, -0.2) is 9.59 Å². The van der Waals surface area contributed by atoms with Crippen LogP contribution in [0, 0.1) is 0 Å². The monoisotopic (exact) mass is 562 g/mol. The molecule has 2 heterocycles. The van der Waals surface area contributed by atoms with Gasteiger partial charge in [0.1, 0.15) is 18.0 Å². The zero-order valence-corrected chi connectivity index (χ0v) is 24.4. The van der Waals surface area contributed by atoms with Crippen LogP contribution in [-0.2, 0) is 20.8 Å². The van der Waals surface area contributed by atoms with E-state index in [2.05, 4.69) is 29.6 Å². The number of piperidine rings is 1. The van der Waals surface area contributed by atoms with Crippen LogP contribution < -0.4 is 10.1 Å². The van der Waals surface area contributed by atoms with E-state index in [9.17, 15) is 9.59 Å². The van der Waals surface area contributed by atoms with Crippen LogP contribution in [0.3, 0.4) is 0 Å². The highest BCUT2D eigenvalue weighted by atomic mass is 16.6. The van der Waals surface area contributed by atoms with Gasteiger partial charge in [-0.05, 0) is 70.1 Å². The van der Waals surface area contributed by atoms with E-state index in [1.807, 2.05) is 57.2 Å². The number of benzene rings is 2. The molecule has 3 unspecified atom stereocenters. The van der Waals surface area contributed by atoms with Crippen molar-refractivity contribution in [2.75, 3.05) is 19.8 Å². The van der Waals surface area contributed by atoms with Crippen molar-refractivity contribution >= 4 is 17.8 Å². The number of ether oxygens (including phenoxy) is 4. The lowest BCUT2D eigenvalue weighted by atomic mass is 9.78. The van der Waals surface area contributed by atoms with Crippen LogP contribution >= 0.6 is 0 Å². The highest BCUT2D eigenvalue weighted by molar-refractivity contribution is 5.72. The number of carbonyl (C=O) groups is 2. The van der Waals surface area contributed by atoms with Gasteiger partial charge in [0.05, 0.1) is 30.9 Å². The van der Waals surface area contributed by atoms with Crippen molar-refractivity contribution in [2.24, 2.45) is 0 Å². The van der Waals surface area contributed by atoms with Crippen LogP contribution in [0.15, 0.2) is 60.7 Å². The van der Waals surface area contributed by atoms with E-state index >= 15 is 0 Å². The molecule has 2 aliphatic heterocycles. The third kappa shape index (κ3) is 7.22. The normalized spacial score (nSPS) is 24.7. The maximum atomic E-state index is 13.2. The summed E-state index contributed by atoms with van der Waals surface area (Å²) in [6.07, 6.45) is 6.12. The van der Waals surface area contributed by atoms with Gasteiger partial charge in [0.25, 0.3) is 0 Å². The second-order valence-electron chi connectivity index (χ2n) is 12.2. The zero-order chi connectivity index (χ0) is 28.9. The highest BCUT2D eigenvalue weighted by Gasteiger charge is 2.50. The van der Waals surface area contributed by atoms with E-state index in [0.29, 0.717) is 32.8 Å². The summed E-state index contributed by atoms with van der Waals surface area (Å²) in [5.41, 5.74) is 2.31. The van der Waals surface area contributed by atoms with Gasteiger partial charge in [-0.3, -0.25) is 0 Å². The summed E-state index contributed by atoms with van der Waals surface area (Å²) in [6, 6.07) is 18.0. The Morgan fingerprint density at radius 1 is 1.10 bits per heavy atom. The molecule has 2 amide bonds. The molecule has 8 heteroatoms. The van der Waals surface area contributed by atoms with Crippen molar-refractivity contribution in [3.8, 4) is 5.75 Å². The van der Waals surface area contributed by atoms with Crippen LogP contribution in [0.25, 0.3) is 5.57 Å². The van der Waals surface area contributed by atoms with E-state index in [0.717, 1.165) is 49.0 Å². The van der Waals surface area contributed by atoms with Gasteiger partial charge in [-0.1, -0.05) is 54.6 Å². The standard InChI is InChI=1S/C33H42N2O6/c1-32(2,3)41-31(37)35-20-9-18-33(19-21-38-30(36)34-33)29(35)23-39-26-16-14-25(15-17-26)27-12-7-8-13-28(27)40-22-24-10-5-4-6-11-24/h4-8,10-14,26,29H,9,15-23H2,1-3H3,(H,34,36). The van der Waals surface area contributed by atoms with E-state index in [1.54, 1.807) is 4.90 Å². The zero-order valence-electron chi connectivity index (χ0n) is 24.4. The Morgan fingerprint density at radius 2 is 1.88 bits per heavy atom. The van der Waals surface area contributed by atoms with Crippen LogP contribution in [0.4, 0.5) is 9.59 Å². The summed E-state index contributed by atoms with van der Waals surface area (Å²) in [7, 11) is 0.